The van der Waals surface area contributed by atoms with Crippen molar-refractivity contribution in [3.8, 4) is 0 Å². The largest absolute Gasteiger partial charge is 0.352 e. The lowest BCUT2D eigenvalue weighted by Gasteiger charge is -2.11. The van der Waals surface area contributed by atoms with Crippen molar-refractivity contribution in [2.45, 2.75) is 13.1 Å². The molecule has 0 amide bonds. The van der Waals surface area contributed by atoms with Gasteiger partial charge in [-0.1, -0.05) is 12.1 Å². The molecule has 0 radical (unpaired) electrons. The van der Waals surface area contributed by atoms with Crippen LogP contribution in [0.3, 0.4) is 0 Å². The second-order valence-electron chi connectivity index (χ2n) is 5.25. The normalized spacial score (nSPS) is 11.2. The minimum atomic E-state index is -0.236. The van der Waals surface area contributed by atoms with Gasteiger partial charge in [0.25, 0.3) is 0 Å². The van der Waals surface area contributed by atoms with Crippen LogP contribution in [0.25, 0.3) is 5.65 Å². The van der Waals surface area contributed by atoms with Crippen molar-refractivity contribution < 1.29 is 4.39 Å². The van der Waals surface area contributed by atoms with Gasteiger partial charge >= 0.3 is 0 Å². The summed E-state index contributed by atoms with van der Waals surface area (Å²) in [5.74, 6) is 0.428. The molecule has 3 aromatic rings. The van der Waals surface area contributed by atoms with Gasteiger partial charge in [-0.3, -0.25) is 4.99 Å². The zero-order valence-corrected chi connectivity index (χ0v) is 17.5. The molecule has 132 valence electrons. The van der Waals surface area contributed by atoms with Crippen LogP contribution in [-0.2, 0) is 13.1 Å². The van der Waals surface area contributed by atoms with E-state index in [2.05, 4.69) is 36.5 Å². The Morgan fingerprint density at radius 1 is 1.12 bits per heavy atom. The summed E-state index contributed by atoms with van der Waals surface area (Å²) in [5, 5.41) is 6.41. The topological polar surface area (TPSA) is 53.7 Å². The zero-order valence-electron chi connectivity index (χ0n) is 13.5. The van der Waals surface area contributed by atoms with Crippen molar-refractivity contribution in [1.82, 2.24) is 20.0 Å². The molecule has 2 heterocycles. The number of hydrogen-bond donors (Lipinski definition) is 2. The fraction of sp³-hybridized carbons (Fsp3) is 0.176. The molecular formula is C17H18BrFIN5. The molecule has 2 aromatic heterocycles. The number of fused-ring (bicyclic) bond motifs is 1. The molecule has 0 aliphatic carbocycles. The Hall–Kier alpha value is -1.68. The van der Waals surface area contributed by atoms with Crippen molar-refractivity contribution in [2.75, 3.05) is 7.05 Å². The number of aliphatic imine (C=N–C) groups is 1. The van der Waals surface area contributed by atoms with Gasteiger partial charge < -0.3 is 15.0 Å². The first-order chi connectivity index (χ1) is 11.6. The van der Waals surface area contributed by atoms with Gasteiger partial charge in [0, 0.05) is 30.5 Å². The lowest BCUT2D eigenvalue weighted by molar-refractivity contribution is 0.626. The number of pyridine rings is 1. The van der Waals surface area contributed by atoms with Crippen molar-refractivity contribution in [2.24, 2.45) is 4.99 Å². The maximum Gasteiger partial charge on any atom is 0.191 e. The second-order valence-corrected chi connectivity index (χ2v) is 6.17. The van der Waals surface area contributed by atoms with Crippen molar-refractivity contribution in [1.29, 1.82) is 0 Å². The van der Waals surface area contributed by atoms with Gasteiger partial charge in [-0.25, -0.2) is 9.37 Å². The molecule has 1 aromatic carbocycles. The van der Waals surface area contributed by atoms with Crippen LogP contribution in [0.4, 0.5) is 4.39 Å². The number of nitrogens with zero attached hydrogens (tertiary/aromatic N) is 3. The van der Waals surface area contributed by atoms with Crippen LogP contribution in [-0.4, -0.2) is 22.4 Å². The van der Waals surface area contributed by atoms with Crippen molar-refractivity contribution >= 4 is 51.5 Å². The molecule has 2 N–H and O–H groups in total. The number of benzene rings is 1. The van der Waals surface area contributed by atoms with Gasteiger partial charge in [0.15, 0.2) is 5.96 Å². The Labute approximate surface area is 170 Å². The lowest BCUT2D eigenvalue weighted by atomic mass is 10.2. The third kappa shape index (κ3) is 5.40. The van der Waals surface area contributed by atoms with E-state index < -0.39 is 0 Å². The SMILES string of the molecule is CN=C(NCc1ccc(F)cc1)NCc1cn2cc(Br)ccc2n1.I. The van der Waals surface area contributed by atoms with Gasteiger partial charge in [0.1, 0.15) is 11.5 Å². The quantitative estimate of drug-likeness (QED) is 0.315. The molecule has 0 aliphatic heterocycles. The summed E-state index contributed by atoms with van der Waals surface area (Å²) in [6.07, 6.45) is 3.94. The summed E-state index contributed by atoms with van der Waals surface area (Å²) < 4.78 is 15.9. The van der Waals surface area contributed by atoms with Gasteiger partial charge in [0.05, 0.1) is 12.2 Å². The average Bonchev–Trinajstić information content (AvgIpc) is 2.98. The van der Waals surface area contributed by atoms with E-state index >= 15 is 0 Å². The van der Waals surface area contributed by atoms with Crippen molar-refractivity contribution in [3.63, 3.8) is 0 Å². The molecule has 0 unspecified atom stereocenters. The fourth-order valence-corrected chi connectivity index (χ4v) is 2.64. The predicted octanol–water partition coefficient (Wildman–Crippen LogP) is 3.72. The lowest BCUT2D eigenvalue weighted by Crippen LogP contribution is -2.36. The number of aromatic nitrogens is 2. The fourth-order valence-electron chi connectivity index (χ4n) is 2.29. The molecule has 0 saturated heterocycles. The van der Waals surface area contributed by atoms with Crippen LogP contribution in [0.1, 0.15) is 11.3 Å². The third-order valence-electron chi connectivity index (χ3n) is 3.50. The molecule has 5 nitrogen and oxygen atoms in total. The van der Waals surface area contributed by atoms with E-state index in [0.29, 0.717) is 19.0 Å². The molecule has 25 heavy (non-hydrogen) atoms. The maximum absolute atomic E-state index is 12.9. The van der Waals surface area contributed by atoms with E-state index in [-0.39, 0.29) is 29.8 Å². The van der Waals surface area contributed by atoms with E-state index in [1.54, 1.807) is 19.2 Å². The molecule has 3 rings (SSSR count). The van der Waals surface area contributed by atoms with Crippen LogP contribution in [0, 0.1) is 5.82 Å². The summed E-state index contributed by atoms with van der Waals surface area (Å²) >= 11 is 3.45. The molecule has 0 aliphatic rings. The molecule has 8 heteroatoms. The molecule has 0 atom stereocenters. The molecule has 0 fully saturated rings. The standard InChI is InChI=1S/C17H17BrFN5.HI/c1-20-17(21-8-12-2-5-14(19)6-3-12)22-9-15-11-24-10-13(18)4-7-16(24)23-15;/h2-7,10-11H,8-9H2,1H3,(H2,20,21,22);1H. The Balaban J connectivity index is 0.00000225. The minimum Gasteiger partial charge on any atom is -0.352 e. The molecule has 0 bridgehead atoms. The second kappa shape index (κ2) is 9.14. The summed E-state index contributed by atoms with van der Waals surface area (Å²) in [5.41, 5.74) is 2.79. The molecule has 0 spiro atoms. The Morgan fingerprint density at radius 3 is 2.56 bits per heavy atom. The van der Waals surface area contributed by atoms with Gasteiger partial charge in [-0.2, -0.15) is 0 Å². The highest BCUT2D eigenvalue weighted by Crippen LogP contribution is 2.12. The predicted molar refractivity (Wildman–Crippen MR) is 112 cm³/mol. The van der Waals surface area contributed by atoms with Crippen LogP contribution in [0.5, 0.6) is 0 Å². The highest BCUT2D eigenvalue weighted by Gasteiger charge is 2.04. The molecular weight excluding hydrogens is 500 g/mol. The first-order valence-corrected chi connectivity index (χ1v) is 8.25. The average molecular weight is 518 g/mol. The van der Waals surface area contributed by atoms with E-state index in [1.165, 1.54) is 12.1 Å². The van der Waals surface area contributed by atoms with Gasteiger partial charge in [-0.15, -0.1) is 24.0 Å². The Morgan fingerprint density at radius 2 is 1.84 bits per heavy atom. The highest BCUT2D eigenvalue weighted by atomic mass is 127. The summed E-state index contributed by atoms with van der Waals surface area (Å²) in [7, 11) is 1.71. The molecule has 0 saturated carbocycles. The minimum absolute atomic E-state index is 0. The monoisotopic (exact) mass is 517 g/mol. The zero-order chi connectivity index (χ0) is 16.9. The third-order valence-corrected chi connectivity index (χ3v) is 3.97. The highest BCUT2D eigenvalue weighted by molar-refractivity contribution is 14.0. The number of hydrogen-bond acceptors (Lipinski definition) is 2. The van der Waals surface area contributed by atoms with Crippen LogP contribution in [0.15, 0.2) is 58.3 Å². The number of nitrogens with one attached hydrogen (secondary N) is 2. The number of imidazole rings is 1. The van der Waals surface area contributed by atoms with Crippen LogP contribution in [0.2, 0.25) is 0 Å². The smallest absolute Gasteiger partial charge is 0.191 e. The first kappa shape index (κ1) is 19.6. The van der Waals surface area contributed by atoms with E-state index in [0.717, 1.165) is 21.4 Å². The Bertz CT molecular complexity index is 863. The summed E-state index contributed by atoms with van der Waals surface area (Å²) in [6, 6.07) is 10.3. The van der Waals surface area contributed by atoms with E-state index in [1.807, 2.05) is 28.9 Å². The van der Waals surface area contributed by atoms with Crippen LogP contribution < -0.4 is 10.6 Å². The van der Waals surface area contributed by atoms with E-state index in [9.17, 15) is 4.39 Å². The van der Waals surface area contributed by atoms with Gasteiger partial charge in [0.2, 0.25) is 0 Å². The number of halogens is 3. The first-order valence-electron chi connectivity index (χ1n) is 7.46. The van der Waals surface area contributed by atoms with Crippen LogP contribution >= 0.6 is 39.9 Å². The number of rotatable bonds is 4. The van der Waals surface area contributed by atoms with Gasteiger partial charge in [-0.05, 0) is 45.8 Å². The Kier molecular flexibility index (Phi) is 7.18. The van der Waals surface area contributed by atoms with E-state index in [4.69, 9.17) is 0 Å². The maximum atomic E-state index is 12.9. The summed E-state index contributed by atoms with van der Waals surface area (Å²) in [4.78, 5) is 8.73. The number of guanidine groups is 1. The summed E-state index contributed by atoms with van der Waals surface area (Å²) in [6.45, 7) is 1.13. The van der Waals surface area contributed by atoms with Crippen molar-refractivity contribution in [3.05, 3.63) is 70.3 Å².